The van der Waals surface area contributed by atoms with Crippen LogP contribution >= 0.6 is 0 Å². The van der Waals surface area contributed by atoms with E-state index in [0.29, 0.717) is 0 Å². The van der Waals surface area contributed by atoms with Gasteiger partial charge < -0.3 is 15.4 Å². The summed E-state index contributed by atoms with van der Waals surface area (Å²) in [6.45, 7) is 5.50. The Labute approximate surface area is 118 Å². The standard InChI is InChI=1S/C15H20N2O3/c1-9(18)7-13(19)17-14-15(2,3)11-8-10(20-4)5-6-12(11)16-14/h5-6,8,14,16H,7H2,1-4H3,(H,17,19). The van der Waals surface area contributed by atoms with E-state index in [1.165, 1.54) is 6.92 Å². The second kappa shape index (κ2) is 5.15. The summed E-state index contributed by atoms with van der Waals surface area (Å²) in [6.07, 6.45) is -0.329. The first-order chi connectivity index (χ1) is 9.34. The number of fused-ring (bicyclic) bond motifs is 1. The van der Waals surface area contributed by atoms with Gasteiger partial charge in [-0.1, -0.05) is 13.8 Å². The summed E-state index contributed by atoms with van der Waals surface area (Å²) in [6, 6.07) is 5.79. The van der Waals surface area contributed by atoms with Crippen LogP contribution in [-0.4, -0.2) is 25.0 Å². The Morgan fingerprint density at radius 2 is 2.10 bits per heavy atom. The molecule has 1 atom stereocenters. The van der Waals surface area contributed by atoms with E-state index in [-0.39, 0.29) is 29.7 Å². The van der Waals surface area contributed by atoms with Crippen molar-refractivity contribution in [2.75, 3.05) is 12.4 Å². The SMILES string of the molecule is COc1ccc2c(c1)C(C)(C)C(NC(=O)CC(C)=O)N2. The first-order valence-electron chi connectivity index (χ1n) is 6.58. The van der Waals surface area contributed by atoms with Gasteiger partial charge in [0, 0.05) is 11.1 Å². The Morgan fingerprint density at radius 1 is 1.40 bits per heavy atom. The molecule has 5 nitrogen and oxygen atoms in total. The van der Waals surface area contributed by atoms with Gasteiger partial charge in [-0.2, -0.15) is 0 Å². The van der Waals surface area contributed by atoms with Crippen molar-refractivity contribution < 1.29 is 14.3 Å². The molecule has 0 saturated heterocycles. The van der Waals surface area contributed by atoms with Crippen molar-refractivity contribution in [1.82, 2.24) is 5.32 Å². The second-order valence-electron chi connectivity index (χ2n) is 5.66. The van der Waals surface area contributed by atoms with Gasteiger partial charge in [0.15, 0.2) is 0 Å². The number of benzene rings is 1. The third-order valence-electron chi connectivity index (χ3n) is 3.66. The molecule has 2 rings (SSSR count). The number of Topliss-reactive ketones (excluding diaryl/α,β-unsaturated/α-hetero) is 1. The number of ketones is 1. The van der Waals surface area contributed by atoms with Gasteiger partial charge in [0.1, 0.15) is 17.7 Å². The largest absolute Gasteiger partial charge is 0.497 e. The topological polar surface area (TPSA) is 67.4 Å². The molecule has 1 aliphatic heterocycles. The Hall–Kier alpha value is -2.04. The quantitative estimate of drug-likeness (QED) is 0.823. The van der Waals surface area contributed by atoms with E-state index in [1.54, 1.807) is 7.11 Å². The Morgan fingerprint density at radius 3 is 2.70 bits per heavy atom. The highest BCUT2D eigenvalue weighted by atomic mass is 16.5. The van der Waals surface area contributed by atoms with Crippen LogP contribution in [0.25, 0.3) is 0 Å². The lowest BCUT2D eigenvalue weighted by atomic mass is 9.84. The van der Waals surface area contributed by atoms with Crippen LogP contribution in [0, 0.1) is 0 Å². The number of hydrogen-bond acceptors (Lipinski definition) is 4. The minimum Gasteiger partial charge on any atom is -0.497 e. The van der Waals surface area contributed by atoms with Crippen LogP contribution in [-0.2, 0) is 15.0 Å². The van der Waals surface area contributed by atoms with E-state index in [9.17, 15) is 9.59 Å². The smallest absolute Gasteiger partial charge is 0.229 e. The van der Waals surface area contributed by atoms with Crippen LogP contribution in [0.4, 0.5) is 5.69 Å². The van der Waals surface area contributed by atoms with Gasteiger partial charge in [-0.15, -0.1) is 0 Å². The van der Waals surface area contributed by atoms with Crippen LogP contribution in [0.2, 0.25) is 0 Å². The van der Waals surface area contributed by atoms with Crippen molar-refractivity contribution in [2.24, 2.45) is 0 Å². The predicted molar refractivity (Wildman–Crippen MR) is 76.9 cm³/mol. The summed E-state index contributed by atoms with van der Waals surface area (Å²) in [4.78, 5) is 22.8. The van der Waals surface area contributed by atoms with Gasteiger partial charge in [0.2, 0.25) is 5.91 Å². The van der Waals surface area contributed by atoms with Crippen molar-refractivity contribution in [3.63, 3.8) is 0 Å². The second-order valence-corrected chi connectivity index (χ2v) is 5.66. The molecule has 1 heterocycles. The van der Waals surface area contributed by atoms with Crippen LogP contribution in [0.15, 0.2) is 18.2 Å². The number of ether oxygens (including phenoxy) is 1. The molecular weight excluding hydrogens is 256 g/mol. The number of rotatable bonds is 4. The van der Waals surface area contributed by atoms with Gasteiger partial charge in [-0.3, -0.25) is 9.59 Å². The van der Waals surface area contributed by atoms with E-state index in [0.717, 1.165) is 17.0 Å². The fourth-order valence-electron chi connectivity index (χ4n) is 2.46. The monoisotopic (exact) mass is 276 g/mol. The molecule has 1 aromatic rings. The summed E-state index contributed by atoms with van der Waals surface area (Å²) in [5.41, 5.74) is 1.78. The number of amides is 1. The number of carbonyl (C=O) groups is 2. The lowest BCUT2D eigenvalue weighted by Crippen LogP contribution is -2.48. The van der Waals surface area contributed by atoms with Crippen LogP contribution in [0.5, 0.6) is 5.75 Å². The molecule has 1 amide bonds. The van der Waals surface area contributed by atoms with Crippen molar-refractivity contribution in [2.45, 2.75) is 38.8 Å². The molecule has 1 aliphatic rings. The summed E-state index contributed by atoms with van der Waals surface area (Å²) >= 11 is 0. The molecule has 0 spiro atoms. The minimum absolute atomic E-state index is 0.0894. The van der Waals surface area contributed by atoms with Gasteiger partial charge >= 0.3 is 0 Å². The van der Waals surface area contributed by atoms with Gasteiger partial charge in [-0.25, -0.2) is 0 Å². The maximum Gasteiger partial charge on any atom is 0.229 e. The minimum atomic E-state index is -0.281. The summed E-state index contributed by atoms with van der Waals surface area (Å²) in [7, 11) is 1.63. The van der Waals surface area contributed by atoms with Crippen molar-refractivity contribution in [1.29, 1.82) is 0 Å². The molecule has 1 unspecified atom stereocenters. The van der Waals surface area contributed by atoms with Gasteiger partial charge in [0.25, 0.3) is 0 Å². The maximum absolute atomic E-state index is 11.8. The molecule has 1 aromatic carbocycles. The van der Waals surface area contributed by atoms with E-state index < -0.39 is 0 Å². The Balaban J connectivity index is 2.20. The van der Waals surface area contributed by atoms with E-state index >= 15 is 0 Å². The molecule has 0 bridgehead atoms. The Kier molecular flexibility index (Phi) is 3.70. The van der Waals surface area contributed by atoms with E-state index in [1.807, 2.05) is 32.0 Å². The highest BCUT2D eigenvalue weighted by Crippen LogP contribution is 2.41. The molecule has 0 fully saturated rings. The predicted octanol–water partition coefficient (Wildman–Crippen LogP) is 1.82. The molecule has 2 N–H and O–H groups in total. The zero-order valence-electron chi connectivity index (χ0n) is 12.2. The molecule has 0 aliphatic carbocycles. The zero-order valence-corrected chi connectivity index (χ0v) is 12.2. The van der Waals surface area contributed by atoms with Crippen molar-refractivity contribution in [3.05, 3.63) is 23.8 Å². The molecule has 0 saturated carbocycles. The lowest BCUT2D eigenvalue weighted by molar-refractivity contribution is -0.127. The number of carbonyl (C=O) groups excluding carboxylic acids is 2. The third kappa shape index (κ3) is 2.61. The zero-order chi connectivity index (χ0) is 14.9. The molecule has 20 heavy (non-hydrogen) atoms. The van der Waals surface area contributed by atoms with E-state index in [4.69, 9.17) is 4.74 Å². The number of methoxy groups -OCH3 is 1. The highest BCUT2D eigenvalue weighted by Gasteiger charge is 2.40. The normalized spacial score (nSPS) is 18.9. The number of hydrogen-bond donors (Lipinski definition) is 2. The van der Waals surface area contributed by atoms with Crippen molar-refractivity contribution >= 4 is 17.4 Å². The van der Waals surface area contributed by atoms with Crippen LogP contribution in [0.1, 0.15) is 32.8 Å². The molecule has 5 heteroatoms. The average Bonchev–Trinajstić information content (AvgIpc) is 2.60. The maximum atomic E-state index is 11.8. The number of nitrogens with one attached hydrogen (secondary N) is 2. The lowest BCUT2D eigenvalue weighted by Gasteiger charge is -2.28. The summed E-state index contributed by atoms with van der Waals surface area (Å²) in [5.74, 6) is 0.384. The highest BCUT2D eigenvalue weighted by molar-refractivity contribution is 5.97. The summed E-state index contributed by atoms with van der Waals surface area (Å²) < 4.78 is 5.24. The molecule has 0 aromatic heterocycles. The average molecular weight is 276 g/mol. The fraction of sp³-hybridized carbons (Fsp3) is 0.467. The van der Waals surface area contributed by atoms with Crippen LogP contribution in [0.3, 0.4) is 0 Å². The van der Waals surface area contributed by atoms with E-state index in [2.05, 4.69) is 10.6 Å². The van der Waals surface area contributed by atoms with Gasteiger partial charge in [-0.05, 0) is 30.7 Å². The first kappa shape index (κ1) is 14.4. The van der Waals surface area contributed by atoms with Gasteiger partial charge in [0.05, 0.1) is 13.5 Å². The Bertz CT molecular complexity index is 552. The molecule has 108 valence electrons. The fourth-order valence-corrected chi connectivity index (χ4v) is 2.46. The first-order valence-corrected chi connectivity index (χ1v) is 6.58. The summed E-state index contributed by atoms with van der Waals surface area (Å²) in [5, 5.41) is 6.15. The molecular formula is C15H20N2O3. The molecule has 0 radical (unpaired) electrons. The third-order valence-corrected chi connectivity index (χ3v) is 3.66. The number of anilines is 1. The van der Waals surface area contributed by atoms with Crippen molar-refractivity contribution in [3.8, 4) is 5.75 Å². The van der Waals surface area contributed by atoms with Crippen LogP contribution < -0.4 is 15.4 Å².